The third-order valence-corrected chi connectivity index (χ3v) is 3.19. The molecular weight excluding hydrogens is 356 g/mol. The van der Waals surface area contributed by atoms with Crippen LogP contribution in [-0.2, 0) is 6.42 Å². The predicted molar refractivity (Wildman–Crippen MR) is 98.6 cm³/mol. The molecule has 0 saturated carbocycles. The minimum Gasteiger partial charge on any atom is -0.384 e. The molecule has 0 aromatic carbocycles. The average molecular weight is 381 g/mol. The lowest BCUT2D eigenvalue weighted by molar-refractivity contribution is 0.426. The van der Waals surface area contributed by atoms with Crippen LogP contribution >= 0.6 is 49.6 Å². The molecule has 21 heavy (non-hydrogen) atoms. The molecule has 0 amide bonds. The second-order valence-corrected chi connectivity index (χ2v) is 4.53. The van der Waals surface area contributed by atoms with Gasteiger partial charge in [0.2, 0.25) is 0 Å². The van der Waals surface area contributed by atoms with Gasteiger partial charge in [-0.15, -0.1) is 49.6 Å². The number of hydrogen-bond donors (Lipinski definition) is 4. The van der Waals surface area contributed by atoms with Gasteiger partial charge in [0, 0.05) is 31.4 Å². The normalized spacial score (nSPS) is 19.5. The van der Waals surface area contributed by atoms with Crippen molar-refractivity contribution in [3.05, 3.63) is 23.9 Å². The molecule has 2 atom stereocenters. The summed E-state index contributed by atoms with van der Waals surface area (Å²) < 4.78 is 0. The molecule has 1 saturated heterocycles. The topological polar surface area (TPSA) is 89.0 Å². The van der Waals surface area contributed by atoms with Crippen molar-refractivity contribution in [3.8, 4) is 0 Å². The number of rotatable bonds is 5. The summed E-state index contributed by atoms with van der Waals surface area (Å²) in [4.78, 5) is 4.35. The van der Waals surface area contributed by atoms with Crippen LogP contribution in [0, 0.1) is 5.92 Å². The molecule has 6 N–H and O–H groups in total. The summed E-state index contributed by atoms with van der Waals surface area (Å²) in [6.45, 7) is 3.58. The maximum atomic E-state index is 5.69. The van der Waals surface area contributed by atoms with E-state index in [9.17, 15) is 0 Å². The minimum atomic E-state index is 0. The van der Waals surface area contributed by atoms with Gasteiger partial charge in [0.1, 0.15) is 5.82 Å². The Morgan fingerprint density at radius 3 is 2.52 bits per heavy atom. The molecule has 0 unspecified atom stereocenters. The number of nitrogen functional groups attached to an aromatic ring is 1. The molecule has 2 heterocycles. The van der Waals surface area contributed by atoms with Crippen molar-refractivity contribution in [2.75, 3.05) is 31.9 Å². The molecule has 2 rings (SSSR count). The van der Waals surface area contributed by atoms with Crippen LogP contribution in [0.25, 0.3) is 0 Å². The lowest BCUT2D eigenvalue weighted by Gasteiger charge is -2.19. The molecule has 0 radical (unpaired) electrons. The maximum Gasteiger partial charge on any atom is 0.123 e. The average Bonchev–Trinajstić information content (AvgIpc) is 2.74. The van der Waals surface area contributed by atoms with E-state index >= 15 is 0 Å². The Bertz CT molecular complexity index is 369. The molecule has 126 valence electrons. The van der Waals surface area contributed by atoms with Crippen LogP contribution in [-0.4, -0.2) is 37.2 Å². The molecule has 5 nitrogen and oxygen atoms in total. The summed E-state index contributed by atoms with van der Waals surface area (Å²) in [5, 5.41) is 6.87. The van der Waals surface area contributed by atoms with Crippen molar-refractivity contribution < 1.29 is 0 Å². The van der Waals surface area contributed by atoms with Crippen LogP contribution in [0.4, 0.5) is 5.82 Å². The first-order chi connectivity index (χ1) is 8.29. The van der Waals surface area contributed by atoms with E-state index in [-0.39, 0.29) is 49.6 Å². The number of nitrogens with one attached hydrogen (secondary N) is 2. The highest BCUT2D eigenvalue weighted by Crippen LogP contribution is 2.15. The summed E-state index contributed by atoms with van der Waals surface area (Å²) in [5.41, 5.74) is 12.3. The number of nitrogens with zero attached hydrogens (tertiary/aromatic N) is 1. The van der Waals surface area contributed by atoms with E-state index in [0.717, 1.165) is 31.7 Å². The highest BCUT2D eigenvalue weighted by Gasteiger charge is 2.26. The van der Waals surface area contributed by atoms with Crippen molar-refractivity contribution in [2.45, 2.75) is 12.5 Å². The molecular formula is C12H25Cl4N5. The summed E-state index contributed by atoms with van der Waals surface area (Å²) in [7, 11) is 0. The Morgan fingerprint density at radius 2 is 1.90 bits per heavy atom. The van der Waals surface area contributed by atoms with Gasteiger partial charge in [0.25, 0.3) is 0 Å². The van der Waals surface area contributed by atoms with Gasteiger partial charge in [-0.1, -0.05) is 6.07 Å². The third-order valence-electron chi connectivity index (χ3n) is 3.19. The van der Waals surface area contributed by atoms with Crippen molar-refractivity contribution in [3.63, 3.8) is 0 Å². The molecule has 0 aliphatic carbocycles. The zero-order chi connectivity index (χ0) is 12.1. The summed E-state index contributed by atoms with van der Waals surface area (Å²) in [6, 6.07) is 6.30. The van der Waals surface area contributed by atoms with Crippen LogP contribution in [0.2, 0.25) is 0 Å². The van der Waals surface area contributed by atoms with Crippen LogP contribution < -0.4 is 22.1 Å². The standard InChI is InChI=1S/C12H21N5.4ClH/c13-4-5-16-11-8-15-7-9(11)6-10-2-1-3-12(14)17-10;;;;/h1-3,9,11,15-16H,4-8,13H2,(H2,14,17);4*1H/t9-,11-;;;;/m0..../s1. The number of pyridine rings is 1. The van der Waals surface area contributed by atoms with Crippen molar-refractivity contribution in [2.24, 2.45) is 11.7 Å². The fraction of sp³-hybridized carbons (Fsp3) is 0.583. The SMILES string of the molecule is Cl.Cl.Cl.Cl.NCCN[C@H]1CNC[C@@H]1Cc1cccc(N)n1. The Kier molecular flexibility index (Phi) is 16.8. The predicted octanol–water partition coefficient (Wildman–Crippen LogP) is 1.03. The fourth-order valence-corrected chi connectivity index (χ4v) is 2.34. The van der Waals surface area contributed by atoms with E-state index in [1.54, 1.807) is 0 Å². The molecule has 1 aromatic rings. The van der Waals surface area contributed by atoms with Gasteiger partial charge in [-0.05, 0) is 31.0 Å². The molecule has 0 bridgehead atoms. The van der Waals surface area contributed by atoms with Crippen LogP contribution in [0.5, 0.6) is 0 Å². The van der Waals surface area contributed by atoms with Crippen LogP contribution in [0.15, 0.2) is 18.2 Å². The quantitative estimate of drug-likeness (QED) is 0.612. The van der Waals surface area contributed by atoms with E-state index in [0.29, 0.717) is 24.3 Å². The van der Waals surface area contributed by atoms with Gasteiger partial charge >= 0.3 is 0 Å². The fourth-order valence-electron chi connectivity index (χ4n) is 2.34. The zero-order valence-corrected chi connectivity index (χ0v) is 14.9. The summed E-state index contributed by atoms with van der Waals surface area (Å²) in [6.07, 6.45) is 0.959. The molecule has 0 spiro atoms. The van der Waals surface area contributed by atoms with Gasteiger partial charge in [-0.3, -0.25) is 0 Å². The number of hydrogen-bond acceptors (Lipinski definition) is 5. The van der Waals surface area contributed by atoms with Crippen LogP contribution in [0.1, 0.15) is 5.69 Å². The number of halogens is 4. The summed E-state index contributed by atoms with van der Waals surface area (Å²) >= 11 is 0. The van der Waals surface area contributed by atoms with Gasteiger partial charge in [0.05, 0.1) is 0 Å². The monoisotopic (exact) mass is 379 g/mol. The zero-order valence-electron chi connectivity index (χ0n) is 11.7. The van der Waals surface area contributed by atoms with Gasteiger partial charge in [0.15, 0.2) is 0 Å². The van der Waals surface area contributed by atoms with E-state index in [2.05, 4.69) is 15.6 Å². The minimum absolute atomic E-state index is 0. The van der Waals surface area contributed by atoms with E-state index in [1.165, 1.54) is 0 Å². The smallest absolute Gasteiger partial charge is 0.123 e. The van der Waals surface area contributed by atoms with E-state index in [1.807, 2.05) is 18.2 Å². The molecule has 1 fully saturated rings. The first kappa shape index (κ1) is 25.9. The van der Waals surface area contributed by atoms with Gasteiger partial charge in [-0.2, -0.15) is 0 Å². The van der Waals surface area contributed by atoms with Gasteiger partial charge in [-0.25, -0.2) is 4.98 Å². The van der Waals surface area contributed by atoms with E-state index in [4.69, 9.17) is 11.5 Å². The molecule has 1 aliphatic rings. The maximum absolute atomic E-state index is 5.69. The molecule has 1 aliphatic heterocycles. The van der Waals surface area contributed by atoms with Crippen molar-refractivity contribution in [1.82, 2.24) is 15.6 Å². The summed E-state index contributed by atoms with van der Waals surface area (Å²) in [5.74, 6) is 1.16. The Balaban J connectivity index is -0.000000810. The molecule has 1 aromatic heterocycles. The Morgan fingerprint density at radius 1 is 1.19 bits per heavy atom. The number of nitrogens with two attached hydrogens (primary N) is 2. The van der Waals surface area contributed by atoms with Gasteiger partial charge < -0.3 is 22.1 Å². The first-order valence-corrected chi connectivity index (χ1v) is 6.15. The second kappa shape index (κ2) is 13.6. The number of aromatic nitrogens is 1. The second-order valence-electron chi connectivity index (χ2n) is 4.53. The third kappa shape index (κ3) is 8.26. The highest BCUT2D eigenvalue weighted by molar-refractivity contribution is 5.86. The lowest BCUT2D eigenvalue weighted by atomic mass is 9.97. The Labute approximate surface area is 151 Å². The van der Waals surface area contributed by atoms with Crippen molar-refractivity contribution in [1.29, 1.82) is 0 Å². The molecule has 9 heteroatoms. The highest BCUT2D eigenvalue weighted by atomic mass is 35.5. The van der Waals surface area contributed by atoms with Crippen molar-refractivity contribution >= 4 is 55.4 Å². The largest absolute Gasteiger partial charge is 0.384 e. The van der Waals surface area contributed by atoms with Crippen LogP contribution in [0.3, 0.4) is 0 Å². The lowest BCUT2D eigenvalue weighted by Crippen LogP contribution is -2.39. The first-order valence-electron chi connectivity index (χ1n) is 6.15. The Hall–Kier alpha value is -0.0100. The number of anilines is 1. The van der Waals surface area contributed by atoms with E-state index < -0.39 is 0 Å².